The number of benzene rings is 2. The van der Waals surface area contributed by atoms with Crippen LogP contribution in [0.25, 0.3) is 22.5 Å². The number of hydrogen-bond donors (Lipinski definition) is 2. The molecule has 2 aromatic heterocycles. The smallest absolute Gasteiger partial charge is 0.347 e. The minimum atomic E-state index is -4.49. The molecule has 1 aliphatic rings. The SMILES string of the molecule is O=C(CNc1nccc(-c2cc(C3CCNCC3)nnc2-c2cccc(C(F)(F)F)c2)n1)c1ccccc1. The Morgan fingerprint density at radius 3 is 2.53 bits per heavy atom. The fourth-order valence-electron chi connectivity index (χ4n) is 4.45. The number of carbonyl (C=O) groups excluding carboxylic acids is 1. The van der Waals surface area contributed by atoms with Crippen molar-refractivity contribution in [2.24, 2.45) is 0 Å². The van der Waals surface area contributed by atoms with E-state index >= 15 is 0 Å². The average molecular weight is 519 g/mol. The van der Waals surface area contributed by atoms with Crippen molar-refractivity contribution in [3.05, 3.63) is 89.7 Å². The van der Waals surface area contributed by atoms with Gasteiger partial charge in [0.2, 0.25) is 5.95 Å². The highest BCUT2D eigenvalue weighted by atomic mass is 19.4. The van der Waals surface area contributed by atoms with Gasteiger partial charge in [0.05, 0.1) is 23.5 Å². The Hall–Kier alpha value is -4.18. The fraction of sp³-hybridized carbons (Fsp3) is 0.250. The molecule has 7 nitrogen and oxygen atoms in total. The van der Waals surface area contributed by atoms with Crippen LogP contribution >= 0.6 is 0 Å². The van der Waals surface area contributed by atoms with Crippen LogP contribution in [-0.2, 0) is 6.18 Å². The summed E-state index contributed by atoms with van der Waals surface area (Å²) in [4.78, 5) is 21.3. The monoisotopic (exact) mass is 518 g/mol. The van der Waals surface area contributed by atoms with Gasteiger partial charge in [0.15, 0.2) is 5.78 Å². The summed E-state index contributed by atoms with van der Waals surface area (Å²) >= 11 is 0. The van der Waals surface area contributed by atoms with E-state index in [1.54, 1.807) is 36.4 Å². The van der Waals surface area contributed by atoms with Gasteiger partial charge in [-0.1, -0.05) is 42.5 Å². The number of rotatable bonds is 7. The molecule has 10 heteroatoms. The van der Waals surface area contributed by atoms with Gasteiger partial charge < -0.3 is 10.6 Å². The summed E-state index contributed by atoms with van der Waals surface area (Å²) in [6, 6.07) is 17.4. The predicted octanol–water partition coefficient (Wildman–Crippen LogP) is 5.38. The lowest BCUT2D eigenvalue weighted by Crippen LogP contribution is -2.27. The van der Waals surface area contributed by atoms with Gasteiger partial charge in [-0.15, -0.1) is 5.10 Å². The van der Waals surface area contributed by atoms with Crippen LogP contribution < -0.4 is 10.6 Å². The van der Waals surface area contributed by atoms with Crippen molar-refractivity contribution in [3.63, 3.8) is 0 Å². The fourth-order valence-corrected chi connectivity index (χ4v) is 4.45. The van der Waals surface area contributed by atoms with Gasteiger partial charge in [-0.2, -0.15) is 18.3 Å². The van der Waals surface area contributed by atoms with Crippen molar-refractivity contribution in [1.29, 1.82) is 0 Å². The van der Waals surface area contributed by atoms with E-state index in [2.05, 4.69) is 30.8 Å². The zero-order valence-corrected chi connectivity index (χ0v) is 20.4. The third-order valence-corrected chi connectivity index (χ3v) is 6.47. The molecular formula is C28H25F3N6O. The summed E-state index contributed by atoms with van der Waals surface area (Å²) in [6.07, 6.45) is -1.18. The second-order valence-electron chi connectivity index (χ2n) is 9.04. The first-order valence-corrected chi connectivity index (χ1v) is 12.3. The van der Waals surface area contributed by atoms with E-state index in [9.17, 15) is 18.0 Å². The van der Waals surface area contributed by atoms with E-state index in [4.69, 9.17) is 0 Å². The maximum atomic E-state index is 13.4. The molecule has 1 saturated heterocycles. The second kappa shape index (κ2) is 11.1. The Morgan fingerprint density at radius 1 is 0.974 bits per heavy atom. The molecule has 0 unspecified atom stereocenters. The topological polar surface area (TPSA) is 92.7 Å². The lowest BCUT2D eigenvalue weighted by molar-refractivity contribution is -0.137. The molecule has 0 bridgehead atoms. The van der Waals surface area contributed by atoms with Gasteiger partial charge in [-0.25, -0.2) is 9.97 Å². The molecule has 2 aromatic carbocycles. The normalized spacial score (nSPS) is 14.3. The van der Waals surface area contributed by atoms with Gasteiger partial charge >= 0.3 is 6.18 Å². The molecule has 4 aromatic rings. The Labute approximate surface area is 217 Å². The van der Waals surface area contributed by atoms with Crippen LogP contribution in [0.2, 0.25) is 0 Å². The van der Waals surface area contributed by atoms with Crippen LogP contribution in [0.1, 0.15) is 40.4 Å². The number of alkyl halides is 3. The van der Waals surface area contributed by atoms with Gasteiger partial charge in [-0.3, -0.25) is 4.79 Å². The Balaban J connectivity index is 1.50. The summed E-state index contributed by atoms with van der Waals surface area (Å²) in [5, 5.41) is 15.1. The molecule has 0 atom stereocenters. The molecule has 0 radical (unpaired) electrons. The third kappa shape index (κ3) is 5.86. The molecular weight excluding hydrogens is 493 g/mol. The first-order chi connectivity index (χ1) is 18.4. The van der Waals surface area contributed by atoms with Crippen molar-refractivity contribution in [1.82, 2.24) is 25.5 Å². The van der Waals surface area contributed by atoms with E-state index in [-0.39, 0.29) is 29.8 Å². The van der Waals surface area contributed by atoms with Gasteiger partial charge in [0, 0.05) is 28.8 Å². The molecule has 38 heavy (non-hydrogen) atoms. The molecule has 0 spiro atoms. The molecule has 1 fully saturated rings. The Morgan fingerprint density at radius 2 is 1.76 bits per heavy atom. The molecule has 0 amide bonds. The summed E-state index contributed by atoms with van der Waals surface area (Å²) in [5.41, 5.74) is 2.15. The highest BCUT2D eigenvalue weighted by Crippen LogP contribution is 2.36. The number of anilines is 1. The van der Waals surface area contributed by atoms with Crippen LogP contribution in [0.5, 0.6) is 0 Å². The van der Waals surface area contributed by atoms with E-state index in [0.717, 1.165) is 43.8 Å². The molecule has 3 heterocycles. The zero-order chi connectivity index (χ0) is 26.5. The van der Waals surface area contributed by atoms with Crippen LogP contribution in [0.4, 0.5) is 19.1 Å². The van der Waals surface area contributed by atoms with Gasteiger partial charge in [0.1, 0.15) is 5.69 Å². The molecule has 0 aliphatic carbocycles. The van der Waals surface area contributed by atoms with Crippen molar-refractivity contribution >= 4 is 11.7 Å². The quantitative estimate of drug-likeness (QED) is 0.317. The number of carbonyl (C=O) groups is 1. The summed E-state index contributed by atoms with van der Waals surface area (Å²) in [6.45, 7) is 1.70. The molecule has 1 aliphatic heterocycles. The van der Waals surface area contributed by atoms with Crippen molar-refractivity contribution in [2.75, 3.05) is 25.0 Å². The maximum Gasteiger partial charge on any atom is 0.416 e. The largest absolute Gasteiger partial charge is 0.416 e. The van der Waals surface area contributed by atoms with Crippen LogP contribution in [-0.4, -0.2) is 45.6 Å². The number of halogens is 3. The Kier molecular flexibility index (Phi) is 7.41. The lowest BCUT2D eigenvalue weighted by Gasteiger charge is -2.22. The highest BCUT2D eigenvalue weighted by molar-refractivity contribution is 5.98. The number of nitrogens with one attached hydrogen (secondary N) is 2. The number of hydrogen-bond acceptors (Lipinski definition) is 7. The van der Waals surface area contributed by atoms with Crippen LogP contribution in [0.3, 0.4) is 0 Å². The highest BCUT2D eigenvalue weighted by Gasteiger charge is 2.31. The predicted molar refractivity (Wildman–Crippen MR) is 138 cm³/mol. The summed E-state index contributed by atoms with van der Waals surface area (Å²) in [5.74, 6) is 0.283. The molecule has 194 valence electrons. The minimum absolute atomic E-state index is 0.0110. The van der Waals surface area contributed by atoms with E-state index in [0.29, 0.717) is 22.5 Å². The van der Waals surface area contributed by atoms with Gasteiger partial charge in [-0.05, 0) is 50.2 Å². The van der Waals surface area contributed by atoms with E-state index < -0.39 is 11.7 Å². The standard InChI is InChI=1S/C28H25F3N6O/c29-28(30,31)21-8-4-7-20(15-21)26-22(16-24(36-37-26)18-9-12-32-13-10-18)23-11-14-33-27(35-23)34-17-25(38)19-5-2-1-3-6-19/h1-8,11,14-16,18,32H,9-10,12-13,17H2,(H,33,34,35). The van der Waals surface area contributed by atoms with Crippen LogP contribution in [0, 0.1) is 0 Å². The number of nitrogens with zero attached hydrogens (tertiary/aromatic N) is 4. The first-order valence-electron chi connectivity index (χ1n) is 12.3. The summed E-state index contributed by atoms with van der Waals surface area (Å²) < 4.78 is 40.3. The van der Waals surface area contributed by atoms with Crippen molar-refractivity contribution in [3.8, 4) is 22.5 Å². The van der Waals surface area contributed by atoms with Crippen molar-refractivity contribution < 1.29 is 18.0 Å². The minimum Gasteiger partial charge on any atom is -0.347 e. The van der Waals surface area contributed by atoms with Gasteiger partial charge in [0.25, 0.3) is 0 Å². The average Bonchev–Trinajstić information content (AvgIpc) is 2.96. The van der Waals surface area contributed by atoms with E-state index in [1.165, 1.54) is 12.3 Å². The molecule has 0 saturated carbocycles. The van der Waals surface area contributed by atoms with Crippen molar-refractivity contribution in [2.45, 2.75) is 24.9 Å². The second-order valence-corrected chi connectivity index (χ2v) is 9.04. The first kappa shape index (κ1) is 25.5. The lowest BCUT2D eigenvalue weighted by atomic mass is 9.92. The summed E-state index contributed by atoms with van der Waals surface area (Å²) in [7, 11) is 0. The Bertz CT molecular complexity index is 1420. The molecule has 5 rings (SSSR count). The number of Topliss-reactive ketones (excluding diaryl/α,β-unsaturated/α-hetero) is 1. The maximum absolute atomic E-state index is 13.4. The van der Waals surface area contributed by atoms with Crippen LogP contribution in [0.15, 0.2) is 72.9 Å². The van der Waals surface area contributed by atoms with E-state index in [1.807, 2.05) is 12.1 Å². The molecule has 2 N–H and O–H groups in total. The number of aromatic nitrogens is 4. The number of piperidine rings is 1. The number of ketones is 1. The zero-order valence-electron chi connectivity index (χ0n) is 20.4. The third-order valence-electron chi connectivity index (χ3n) is 6.47.